The summed E-state index contributed by atoms with van der Waals surface area (Å²) in [5, 5.41) is 2.87. The van der Waals surface area contributed by atoms with Crippen LogP contribution in [0, 0.1) is 5.92 Å². The normalized spacial score (nSPS) is 12.5. The highest BCUT2D eigenvalue weighted by molar-refractivity contribution is 6.17. The minimum atomic E-state index is -0.281. The van der Waals surface area contributed by atoms with E-state index in [1.165, 1.54) is 6.07 Å². The summed E-state index contributed by atoms with van der Waals surface area (Å²) in [6.07, 6.45) is 0.710. The zero-order valence-corrected chi connectivity index (χ0v) is 10.8. The van der Waals surface area contributed by atoms with Crippen LogP contribution in [0.3, 0.4) is 0 Å². The van der Waals surface area contributed by atoms with Gasteiger partial charge in [0.25, 0.3) is 5.91 Å². The maximum Gasteiger partial charge on any atom is 0.268 e. The van der Waals surface area contributed by atoms with Crippen molar-refractivity contribution in [2.75, 3.05) is 5.88 Å². The first-order chi connectivity index (χ1) is 8.04. The van der Waals surface area contributed by atoms with E-state index in [2.05, 4.69) is 10.3 Å². The van der Waals surface area contributed by atoms with Crippen molar-refractivity contribution in [3.63, 3.8) is 0 Å². The molecule has 0 aromatic carbocycles. The Morgan fingerprint density at radius 3 is 2.71 bits per heavy atom. The van der Waals surface area contributed by atoms with E-state index in [0.29, 0.717) is 18.2 Å². The molecule has 0 fully saturated rings. The molecule has 0 saturated carbocycles. The zero-order valence-electron chi connectivity index (χ0n) is 10.00. The first kappa shape index (κ1) is 13.8. The Labute approximate surface area is 105 Å². The third kappa shape index (κ3) is 4.23. The Balaban J connectivity index is 2.73. The number of aromatic nitrogens is 1. The van der Waals surface area contributed by atoms with Crippen LogP contribution in [0.4, 0.5) is 0 Å². The third-order valence-electron chi connectivity index (χ3n) is 2.55. The van der Waals surface area contributed by atoms with Crippen molar-refractivity contribution in [3.8, 4) is 0 Å². The predicted octanol–water partition coefficient (Wildman–Crippen LogP) is 1.76. The smallest absolute Gasteiger partial charge is 0.268 e. The van der Waals surface area contributed by atoms with Crippen molar-refractivity contribution in [1.29, 1.82) is 0 Å². The molecule has 0 saturated heterocycles. The summed E-state index contributed by atoms with van der Waals surface area (Å²) >= 11 is 5.69. The molecule has 0 radical (unpaired) electrons. The number of aromatic amines is 1. The number of carbonyl (C=O) groups excluding carboxylic acids is 1. The van der Waals surface area contributed by atoms with E-state index >= 15 is 0 Å². The first-order valence-corrected chi connectivity index (χ1v) is 6.14. The molecular weight excluding hydrogens is 240 g/mol. The largest absolute Gasteiger partial charge is 0.348 e. The van der Waals surface area contributed by atoms with Crippen LogP contribution in [-0.4, -0.2) is 22.8 Å². The molecule has 1 aromatic rings. The topological polar surface area (TPSA) is 62.0 Å². The van der Waals surface area contributed by atoms with Gasteiger partial charge in [-0.3, -0.25) is 9.59 Å². The molecule has 0 spiro atoms. The summed E-state index contributed by atoms with van der Waals surface area (Å²) in [6, 6.07) is 4.52. The predicted molar refractivity (Wildman–Crippen MR) is 68.5 cm³/mol. The van der Waals surface area contributed by atoms with Gasteiger partial charge in [-0.05, 0) is 18.4 Å². The summed E-state index contributed by atoms with van der Waals surface area (Å²) in [5.74, 6) is 0.522. The van der Waals surface area contributed by atoms with Crippen LogP contribution in [-0.2, 0) is 0 Å². The summed E-state index contributed by atoms with van der Waals surface area (Å²) in [5.41, 5.74) is -0.00573. The molecule has 5 heteroatoms. The molecule has 0 aliphatic heterocycles. The quantitative estimate of drug-likeness (QED) is 0.789. The average Bonchev–Trinajstić information content (AvgIpc) is 2.28. The number of carbonyl (C=O) groups is 1. The molecule has 0 bridgehead atoms. The third-order valence-corrected chi connectivity index (χ3v) is 2.77. The number of amides is 1. The zero-order chi connectivity index (χ0) is 12.8. The fraction of sp³-hybridized carbons (Fsp3) is 0.500. The van der Waals surface area contributed by atoms with Crippen molar-refractivity contribution in [2.45, 2.75) is 26.3 Å². The van der Waals surface area contributed by atoms with Crippen LogP contribution in [0.25, 0.3) is 0 Å². The maximum absolute atomic E-state index is 11.9. The molecule has 94 valence electrons. The second-order valence-electron chi connectivity index (χ2n) is 4.23. The van der Waals surface area contributed by atoms with Crippen LogP contribution >= 0.6 is 11.6 Å². The lowest BCUT2D eigenvalue weighted by Gasteiger charge is -2.21. The Kier molecular flexibility index (Phi) is 5.22. The van der Waals surface area contributed by atoms with Crippen molar-refractivity contribution >= 4 is 17.5 Å². The van der Waals surface area contributed by atoms with E-state index in [1.54, 1.807) is 12.1 Å². The van der Waals surface area contributed by atoms with Crippen LogP contribution in [0.2, 0.25) is 0 Å². The van der Waals surface area contributed by atoms with E-state index in [1.807, 2.05) is 13.8 Å². The van der Waals surface area contributed by atoms with Crippen molar-refractivity contribution in [1.82, 2.24) is 10.3 Å². The molecule has 2 N–H and O–H groups in total. The molecule has 4 nitrogen and oxygen atoms in total. The highest BCUT2D eigenvalue weighted by Gasteiger charge is 2.16. The molecule has 0 aliphatic rings. The second-order valence-corrected chi connectivity index (χ2v) is 4.61. The molecule has 1 heterocycles. The Hall–Kier alpha value is -1.29. The molecule has 1 rings (SSSR count). The number of H-pyrrole nitrogens is 1. The molecule has 17 heavy (non-hydrogen) atoms. The number of pyridine rings is 1. The lowest BCUT2D eigenvalue weighted by atomic mass is 10.0. The minimum Gasteiger partial charge on any atom is -0.348 e. The molecule has 0 aliphatic carbocycles. The van der Waals surface area contributed by atoms with Crippen LogP contribution in [0.15, 0.2) is 23.0 Å². The van der Waals surface area contributed by atoms with E-state index < -0.39 is 0 Å². The van der Waals surface area contributed by atoms with E-state index in [0.717, 1.165) is 0 Å². The van der Waals surface area contributed by atoms with Gasteiger partial charge in [-0.25, -0.2) is 0 Å². The molecular formula is C12H17ClN2O2. The fourth-order valence-corrected chi connectivity index (χ4v) is 1.75. The van der Waals surface area contributed by atoms with Gasteiger partial charge in [0.15, 0.2) is 0 Å². The fourth-order valence-electron chi connectivity index (χ4n) is 1.52. The minimum absolute atomic E-state index is 0.0173. The van der Waals surface area contributed by atoms with E-state index in [9.17, 15) is 9.59 Å². The lowest BCUT2D eigenvalue weighted by Crippen LogP contribution is -2.39. The van der Waals surface area contributed by atoms with Crippen molar-refractivity contribution < 1.29 is 4.79 Å². The maximum atomic E-state index is 11.9. The number of rotatable bonds is 5. The SMILES string of the molecule is CC(C)C(CCCl)NC(=O)c1cccc(=O)[nH]1. The summed E-state index contributed by atoms with van der Waals surface area (Å²) < 4.78 is 0. The molecule has 1 unspecified atom stereocenters. The van der Waals surface area contributed by atoms with Gasteiger partial charge in [0.05, 0.1) is 0 Å². The Morgan fingerprint density at radius 2 is 2.18 bits per heavy atom. The summed E-state index contributed by atoms with van der Waals surface area (Å²) in [4.78, 5) is 25.4. The molecule has 1 atom stereocenters. The van der Waals surface area contributed by atoms with Gasteiger partial charge in [0.2, 0.25) is 5.56 Å². The van der Waals surface area contributed by atoms with Gasteiger partial charge in [-0.15, -0.1) is 11.6 Å². The Morgan fingerprint density at radius 1 is 1.47 bits per heavy atom. The van der Waals surface area contributed by atoms with Gasteiger partial charge in [0, 0.05) is 18.0 Å². The number of alkyl halides is 1. The molecule has 1 aromatic heterocycles. The first-order valence-electron chi connectivity index (χ1n) is 5.60. The van der Waals surface area contributed by atoms with Crippen molar-refractivity contribution in [3.05, 3.63) is 34.2 Å². The summed E-state index contributed by atoms with van der Waals surface area (Å²) in [6.45, 7) is 4.04. The van der Waals surface area contributed by atoms with Crippen molar-refractivity contribution in [2.24, 2.45) is 5.92 Å². The van der Waals surface area contributed by atoms with Gasteiger partial charge in [0.1, 0.15) is 5.69 Å². The van der Waals surface area contributed by atoms with Gasteiger partial charge >= 0.3 is 0 Å². The Bertz CT molecular complexity index is 429. The van der Waals surface area contributed by atoms with Crippen LogP contribution in [0.5, 0.6) is 0 Å². The number of halogens is 1. The van der Waals surface area contributed by atoms with Gasteiger partial charge in [-0.1, -0.05) is 19.9 Å². The lowest BCUT2D eigenvalue weighted by molar-refractivity contribution is 0.0919. The van der Waals surface area contributed by atoms with Crippen LogP contribution < -0.4 is 10.9 Å². The number of hydrogen-bond donors (Lipinski definition) is 2. The number of nitrogens with one attached hydrogen (secondary N) is 2. The molecule has 1 amide bonds. The van der Waals surface area contributed by atoms with E-state index in [-0.39, 0.29) is 23.2 Å². The standard InChI is InChI=1S/C12H17ClN2O2/c1-8(2)9(6-7-13)15-12(17)10-4-3-5-11(16)14-10/h3-5,8-9H,6-7H2,1-2H3,(H,14,16)(H,15,17). The van der Waals surface area contributed by atoms with E-state index in [4.69, 9.17) is 11.6 Å². The number of hydrogen-bond acceptors (Lipinski definition) is 2. The average molecular weight is 257 g/mol. The van der Waals surface area contributed by atoms with Crippen LogP contribution in [0.1, 0.15) is 30.8 Å². The van der Waals surface area contributed by atoms with Gasteiger partial charge in [-0.2, -0.15) is 0 Å². The summed E-state index contributed by atoms with van der Waals surface area (Å²) in [7, 11) is 0. The highest BCUT2D eigenvalue weighted by Crippen LogP contribution is 2.08. The second kappa shape index (κ2) is 6.45. The van der Waals surface area contributed by atoms with Gasteiger partial charge < -0.3 is 10.3 Å². The monoisotopic (exact) mass is 256 g/mol. The highest BCUT2D eigenvalue weighted by atomic mass is 35.5.